The Morgan fingerprint density at radius 3 is 2.82 bits per heavy atom. The normalized spacial score (nSPS) is 19.8. The van der Waals surface area contributed by atoms with Gasteiger partial charge in [0.2, 0.25) is 17.4 Å². The van der Waals surface area contributed by atoms with Crippen LogP contribution in [-0.4, -0.2) is 48.8 Å². The largest absolute Gasteiger partial charge is 0.337 e. The molecule has 146 valence electrons. The van der Waals surface area contributed by atoms with Crippen LogP contribution in [0.1, 0.15) is 30.1 Å². The van der Waals surface area contributed by atoms with Gasteiger partial charge in [-0.3, -0.25) is 14.5 Å². The number of hydrogen-bond donors (Lipinski definition) is 0. The second kappa shape index (κ2) is 7.14. The van der Waals surface area contributed by atoms with Gasteiger partial charge in [0, 0.05) is 30.2 Å². The van der Waals surface area contributed by atoms with E-state index < -0.39 is 5.67 Å². The molecule has 1 aliphatic heterocycles. The molecular formula is C19H21FN6O2. The average Bonchev–Trinajstić information content (AvgIpc) is 3.30. The second-order valence-corrected chi connectivity index (χ2v) is 7.13. The molecule has 1 atom stereocenters. The van der Waals surface area contributed by atoms with E-state index in [0.717, 1.165) is 11.4 Å². The summed E-state index contributed by atoms with van der Waals surface area (Å²) in [6.45, 7) is 4.24. The fourth-order valence-corrected chi connectivity index (χ4v) is 3.49. The lowest BCUT2D eigenvalue weighted by molar-refractivity contribution is -0.137. The van der Waals surface area contributed by atoms with Crippen LogP contribution < -0.4 is 0 Å². The van der Waals surface area contributed by atoms with Gasteiger partial charge in [-0.15, -0.1) is 0 Å². The molecule has 1 amide bonds. The quantitative estimate of drug-likeness (QED) is 0.686. The molecule has 1 aliphatic rings. The first-order valence-electron chi connectivity index (χ1n) is 9.17. The van der Waals surface area contributed by atoms with Crippen molar-refractivity contribution in [3.63, 3.8) is 0 Å². The molecule has 8 nitrogen and oxygen atoms in total. The highest BCUT2D eigenvalue weighted by Gasteiger charge is 2.43. The van der Waals surface area contributed by atoms with E-state index in [9.17, 15) is 4.79 Å². The highest BCUT2D eigenvalue weighted by Crippen LogP contribution is 2.35. The second-order valence-electron chi connectivity index (χ2n) is 7.13. The van der Waals surface area contributed by atoms with Crippen molar-refractivity contribution in [2.75, 3.05) is 13.1 Å². The van der Waals surface area contributed by atoms with Gasteiger partial charge in [-0.05, 0) is 44.9 Å². The topological polar surface area (TPSA) is 89.9 Å². The number of carbonyl (C=O) groups is 1. The molecule has 0 aliphatic carbocycles. The maximum Gasteiger partial charge on any atom is 0.266 e. The van der Waals surface area contributed by atoms with E-state index >= 15 is 4.39 Å². The summed E-state index contributed by atoms with van der Waals surface area (Å²) in [7, 11) is 0. The molecule has 4 heterocycles. The summed E-state index contributed by atoms with van der Waals surface area (Å²) in [5.41, 5.74) is 0.578. The van der Waals surface area contributed by atoms with Crippen LogP contribution in [0, 0.1) is 13.8 Å². The molecule has 0 spiro atoms. The molecule has 0 radical (unpaired) electrons. The van der Waals surface area contributed by atoms with Crippen LogP contribution in [0.5, 0.6) is 0 Å². The molecule has 0 bridgehead atoms. The van der Waals surface area contributed by atoms with E-state index in [2.05, 4.69) is 20.2 Å². The van der Waals surface area contributed by atoms with E-state index in [4.69, 9.17) is 4.52 Å². The number of amides is 1. The lowest BCUT2D eigenvalue weighted by Crippen LogP contribution is -2.47. The first kappa shape index (κ1) is 18.3. The Morgan fingerprint density at radius 1 is 1.32 bits per heavy atom. The number of likely N-dealkylation sites (tertiary alicyclic amines) is 1. The first-order valence-corrected chi connectivity index (χ1v) is 9.17. The summed E-state index contributed by atoms with van der Waals surface area (Å²) in [5, 5.41) is 8.19. The standard InChI is InChI=1S/C19H21FN6O2/c1-13-10-14(2)26(23-13)11-16(27)25-9-3-6-19(20,12-25)18-22-17(24-28-18)15-4-7-21-8-5-15/h4-5,7-8,10H,3,6,9,11-12H2,1-2H3. The number of carbonyl (C=O) groups excluding carboxylic acids is 1. The van der Waals surface area contributed by atoms with Crippen molar-refractivity contribution in [3.8, 4) is 11.4 Å². The molecule has 1 unspecified atom stereocenters. The third kappa shape index (κ3) is 3.51. The van der Waals surface area contributed by atoms with Gasteiger partial charge < -0.3 is 9.42 Å². The first-order chi connectivity index (χ1) is 13.4. The zero-order valence-electron chi connectivity index (χ0n) is 15.8. The molecule has 0 aromatic carbocycles. The number of pyridine rings is 1. The van der Waals surface area contributed by atoms with Crippen LogP contribution >= 0.6 is 0 Å². The molecule has 0 N–H and O–H groups in total. The molecule has 1 saturated heterocycles. The number of aryl methyl sites for hydroxylation is 2. The summed E-state index contributed by atoms with van der Waals surface area (Å²) >= 11 is 0. The summed E-state index contributed by atoms with van der Waals surface area (Å²) in [4.78, 5) is 22.4. The molecule has 4 rings (SSSR count). The summed E-state index contributed by atoms with van der Waals surface area (Å²) in [6.07, 6.45) is 3.97. The molecule has 3 aromatic rings. The van der Waals surface area contributed by atoms with Crippen molar-refractivity contribution in [1.29, 1.82) is 0 Å². The van der Waals surface area contributed by atoms with E-state index in [1.54, 1.807) is 29.2 Å². The minimum atomic E-state index is -1.86. The lowest BCUT2D eigenvalue weighted by Gasteiger charge is -2.35. The summed E-state index contributed by atoms with van der Waals surface area (Å²) in [6, 6.07) is 5.36. The van der Waals surface area contributed by atoms with Crippen LogP contribution in [0.15, 0.2) is 35.1 Å². The van der Waals surface area contributed by atoms with E-state index in [-0.39, 0.29) is 31.3 Å². The van der Waals surface area contributed by atoms with Crippen molar-refractivity contribution in [1.82, 2.24) is 29.8 Å². The number of nitrogens with zero attached hydrogens (tertiary/aromatic N) is 6. The van der Waals surface area contributed by atoms with Gasteiger partial charge >= 0.3 is 0 Å². The van der Waals surface area contributed by atoms with Gasteiger partial charge in [0.15, 0.2) is 0 Å². The molecule has 9 heteroatoms. The summed E-state index contributed by atoms with van der Waals surface area (Å²) < 4.78 is 22.5. The third-order valence-electron chi connectivity index (χ3n) is 4.93. The van der Waals surface area contributed by atoms with Crippen LogP contribution in [0.3, 0.4) is 0 Å². The Labute approximate surface area is 161 Å². The Kier molecular flexibility index (Phi) is 4.66. The lowest BCUT2D eigenvalue weighted by atomic mass is 9.94. The van der Waals surface area contributed by atoms with E-state index in [1.165, 1.54) is 4.90 Å². The Balaban J connectivity index is 1.50. The number of alkyl halides is 1. The molecule has 3 aromatic heterocycles. The fraction of sp³-hybridized carbons (Fsp3) is 0.421. The van der Waals surface area contributed by atoms with Gasteiger partial charge in [0.05, 0.1) is 12.2 Å². The van der Waals surface area contributed by atoms with Crippen LogP contribution in [0.4, 0.5) is 4.39 Å². The zero-order chi connectivity index (χ0) is 19.7. The SMILES string of the molecule is Cc1cc(C)n(CC(=O)N2CCCC(F)(c3nc(-c4ccncc4)no3)C2)n1. The molecule has 1 fully saturated rings. The molecular weight excluding hydrogens is 363 g/mol. The minimum Gasteiger partial charge on any atom is -0.337 e. The maximum atomic E-state index is 15.6. The summed E-state index contributed by atoms with van der Waals surface area (Å²) in [5.74, 6) is 0.0326. The van der Waals surface area contributed by atoms with Gasteiger partial charge in [-0.2, -0.15) is 10.1 Å². The highest BCUT2D eigenvalue weighted by molar-refractivity contribution is 5.76. The van der Waals surface area contributed by atoms with E-state index in [1.807, 2.05) is 19.9 Å². The Hall–Kier alpha value is -3.10. The predicted octanol–water partition coefficient (Wildman–Crippen LogP) is 2.43. The smallest absolute Gasteiger partial charge is 0.266 e. The predicted molar refractivity (Wildman–Crippen MR) is 97.8 cm³/mol. The van der Waals surface area contributed by atoms with Gasteiger partial charge in [-0.1, -0.05) is 5.16 Å². The molecule has 28 heavy (non-hydrogen) atoms. The Bertz CT molecular complexity index is 985. The highest BCUT2D eigenvalue weighted by atomic mass is 19.1. The molecule has 0 saturated carbocycles. The van der Waals surface area contributed by atoms with E-state index in [0.29, 0.717) is 24.4 Å². The number of piperidine rings is 1. The zero-order valence-corrected chi connectivity index (χ0v) is 15.8. The van der Waals surface area contributed by atoms with Gasteiger partial charge in [0.25, 0.3) is 5.89 Å². The fourth-order valence-electron chi connectivity index (χ4n) is 3.49. The van der Waals surface area contributed by atoms with Crippen molar-refractivity contribution < 1.29 is 13.7 Å². The third-order valence-corrected chi connectivity index (χ3v) is 4.93. The van der Waals surface area contributed by atoms with Gasteiger partial charge in [0.1, 0.15) is 6.54 Å². The average molecular weight is 384 g/mol. The number of halogens is 1. The van der Waals surface area contributed by atoms with Crippen molar-refractivity contribution in [2.45, 2.75) is 38.9 Å². The monoisotopic (exact) mass is 384 g/mol. The van der Waals surface area contributed by atoms with Gasteiger partial charge in [-0.25, -0.2) is 4.39 Å². The number of hydrogen-bond acceptors (Lipinski definition) is 6. The van der Waals surface area contributed by atoms with Crippen molar-refractivity contribution in [2.24, 2.45) is 0 Å². The minimum absolute atomic E-state index is 0.0852. The Morgan fingerprint density at radius 2 is 2.11 bits per heavy atom. The number of rotatable bonds is 4. The van der Waals surface area contributed by atoms with Crippen molar-refractivity contribution >= 4 is 5.91 Å². The maximum absolute atomic E-state index is 15.6. The van der Waals surface area contributed by atoms with Crippen LogP contribution in [-0.2, 0) is 17.0 Å². The van der Waals surface area contributed by atoms with Crippen LogP contribution in [0.25, 0.3) is 11.4 Å². The van der Waals surface area contributed by atoms with Crippen LogP contribution in [0.2, 0.25) is 0 Å². The van der Waals surface area contributed by atoms with Crippen molar-refractivity contribution in [3.05, 3.63) is 47.9 Å². The number of aromatic nitrogens is 5.